The maximum Gasteiger partial charge on any atom is 0.410 e. The zero-order chi connectivity index (χ0) is 16.6. The van der Waals surface area contributed by atoms with Crippen molar-refractivity contribution >= 4 is 17.7 Å². The van der Waals surface area contributed by atoms with E-state index in [1.165, 1.54) is 6.42 Å². The van der Waals surface area contributed by atoms with Crippen molar-refractivity contribution in [1.82, 2.24) is 9.88 Å². The molecule has 0 atom stereocenters. The van der Waals surface area contributed by atoms with Crippen molar-refractivity contribution in [3.8, 4) is 0 Å². The molecule has 1 saturated heterocycles. The Hall–Kier alpha value is -1.33. The minimum Gasteiger partial charge on any atom is -0.444 e. The van der Waals surface area contributed by atoms with Crippen LogP contribution in [0.3, 0.4) is 0 Å². The highest BCUT2D eigenvalue weighted by atomic mass is 35.5. The Labute approximate surface area is 137 Å². The molecule has 124 valence electrons. The van der Waals surface area contributed by atoms with E-state index in [-0.39, 0.29) is 18.3 Å². The van der Waals surface area contributed by atoms with Gasteiger partial charge >= 0.3 is 6.09 Å². The molecule has 1 aromatic rings. The summed E-state index contributed by atoms with van der Waals surface area (Å²) in [7, 11) is 0. The maximum atomic E-state index is 11.5. The molecule has 0 radical (unpaired) electrons. The van der Waals surface area contributed by atoms with Crippen LogP contribution in [0.5, 0.6) is 0 Å². The highest BCUT2D eigenvalue weighted by Gasteiger charge is 2.22. The van der Waals surface area contributed by atoms with Crippen LogP contribution < -0.4 is 0 Å². The Bertz CT molecular complexity index is 469. The SMILES string of the molecule is CC(C)(C)OC(=O)N1CCCCC1.OCc1cccc(Cl)n1. The van der Waals surface area contributed by atoms with Gasteiger partial charge in [-0.25, -0.2) is 9.78 Å². The number of carbonyl (C=O) groups excluding carboxylic acids is 1. The zero-order valence-corrected chi connectivity index (χ0v) is 14.3. The molecule has 1 N–H and O–H groups in total. The predicted octanol–water partition coefficient (Wildman–Crippen LogP) is 3.63. The number of hydrogen-bond acceptors (Lipinski definition) is 4. The first-order chi connectivity index (χ1) is 10.3. The Morgan fingerprint density at radius 2 is 1.95 bits per heavy atom. The molecule has 0 bridgehead atoms. The first-order valence-electron chi connectivity index (χ1n) is 7.52. The van der Waals surface area contributed by atoms with Crippen molar-refractivity contribution in [3.63, 3.8) is 0 Å². The maximum absolute atomic E-state index is 11.5. The third-order valence-electron chi connectivity index (χ3n) is 2.94. The minimum absolute atomic E-state index is 0.0550. The molecule has 1 aromatic heterocycles. The van der Waals surface area contributed by atoms with Crippen molar-refractivity contribution < 1.29 is 14.6 Å². The van der Waals surface area contributed by atoms with Gasteiger partial charge in [0.15, 0.2) is 0 Å². The predicted molar refractivity (Wildman–Crippen MR) is 86.8 cm³/mol. The second-order valence-electron chi connectivity index (χ2n) is 6.14. The molecule has 0 aliphatic carbocycles. The number of halogens is 1. The number of piperidine rings is 1. The molecule has 2 heterocycles. The number of pyridine rings is 1. The molecular formula is C16H25ClN2O3. The number of carbonyl (C=O) groups is 1. The number of ether oxygens (including phenoxy) is 1. The van der Waals surface area contributed by atoms with E-state index in [2.05, 4.69) is 4.98 Å². The van der Waals surface area contributed by atoms with Gasteiger partial charge in [0.1, 0.15) is 10.8 Å². The molecule has 6 heteroatoms. The van der Waals surface area contributed by atoms with Gasteiger partial charge in [0.2, 0.25) is 0 Å². The van der Waals surface area contributed by atoms with E-state index < -0.39 is 0 Å². The summed E-state index contributed by atoms with van der Waals surface area (Å²) < 4.78 is 5.26. The van der Waals surface area contributed by atoms with Gasteiger partial charge in [0.25, 0.3) is 0 Å². The van der Waals surface area contributed by atoms with Gasteiger partial charge in [-0.3, -0.25) is 0 Å². The summed E-state index contributed by atoms with van der Waals surface area (Å²) in [5.74, 6) is 0. The number of aliphatic hydroxyl groups excluding tert-OH is 1. The van der Waals surface area contributed by atoms with E-state index in [9.17, 15) is 4.79 Å². The van der Waals surface area contributed by atoms with Gasteiger partial charge in [-0.15, -0.1) is 0 Å². The van der Waals surface area contributed by atoms with Gasteiger partial charge in [-0.2, -0.15) is 0 Å². The average Bonchev–Trinajstić information content (AvgIpc) is 2.47. The lowest BCUT2D eigenvalue weighted by Crippen LogP contribution is -2.39. The number of rotatable bonds is 1. The summed E-state index contributed by atoms with van der Waals surface area (Å²) >= 11 is 5.50. The normalized spacial score (nSPS) is 14.9. The lowest BCUT2D eigenvalue weighted by molar-refractivity contribution is 0.0216. The molecule has 1 fully saturated rings. The number of aromatic nitrogens is 1. The quantitative estimate of drug-likeness (QED) is 0.799. The number of likely N-dealkylation sites (tertiary alicyclic amines) is 1. The van der Waals surface area contributed by atoms with Crippen molar-refractivity contribution in [2.75, 3.05) is 13.1 Å². The van der Waals surface area contributed by atoms with Crippen LogP contribution in [-0.2, 0) is 11.3 Å². The number of aliphatic hydroxyl groups is 1. The van der Waals surface area contributed by atoms with E-state index in [1.807, 2.05) is 20.8 Å². The van der Waals surface area contributed by atoms with Crippen LogP contribution >= 0.6 is 11.6 Å². The molecule has 22 heavy (non-hydrogen) atoms. The Balaban J connectivity index is 0.000000235. The Kier molecular flexibility index (Phi) is 7.62. The molecule has 1 aliphatic rings. The van der Waals surface area contributed by atoms with E-state index in [1.54, 1.807) is 23.1 Å². The molecule has 5 nitrogen and oxygen atoms in total. The zero-order valence-electron chi connectivity index (χ0n) is 13.5. The fraction of sp³-hybridized carbons (Fsp3) is 0.625. The summed E-state index contributed by atoms with van der Waals surface area (Å²) in [4.78, 5) is 17.1. The topological polar surface area (TPSA) is 62.7 Å². The van der Waals surface area contributed by atoms with Crippen LogP contribution in [0.1, 0.15) is 45.7 Å². The van der Waals surface area contributed by atoms with Crippen LogP contribution in [0.25, 0.3) is 0 Å². The van der Waals surface area contributed by atoms with E-state index in [0.29, 0.717) is 10.8 Å². The molecule has 0 saturated carbocycles. The standard InChI is InChI=1S/C10H19NO2.C6H6ClNO/c1-10(2,3)13-9(12)11-7-5-4-6-8-11;7-6-3-1-2-5(4-9)8-6/h4-8H2,1-3H3;1-3,9H,4H2. The van der Waals surface area contributed by atoms with E-state index in [4.69, 9.17) is 21.4 Å². The Morgan fingerprint density at radius 1 is 1.32 bits per heavy atom. The third-order valence-corrected chi connectivity index (χ3v) is 3.15. The summed E-state index contributed by atoms with van der Waals surface area (Å²) in [6, 6.07) is 5.13. The summed E-state index contributed by atoms with van der Waals surface area (Å²) in [6.45, 7) is 7.35. The highest BCUT2D eigenvalue weighted by Crippen LogP contribution is 2.14. The third kappa shape index (κ3) is 7.61. The number of hydrogen-bond donors (Lipinski definition) is 1. The molecule has 1 amide bonds. The van der Waals surface area contributed by atoms with Gasteiger partial charge in [0.05, 0.1) is 12.3 Å². The lowest BCUT2D eigenvalue weighted by Gasteiger charge is -2.29. The number of nitrogens with zero attached hydrogens (tertiary/aromatic N) is 2. The van der Waals surface area contributed by atoms with Gasteiger partial charge in [0, 0.05) is 13.1 Å². The monoisotopic (exact) mass is 328 g/mol. The summed E-state index contributed by atoms with van der Waals surface area (Å²) in [5.41, 5.74) is 0.233. The fourth-order valence-electron chi connectivity index (χ4n) is 1.94. The van der Waals surface area contributed by atoms with Gasteiger partial charge < -0.3 is 14.7 Å². The van der Waals surface area contributed by atoms with Crippen LogP contribution in [0.4, 0.5) is 4.79 Å². The molecule has 1 aliphatic heterocycles. The highest BCUT2D eigenvalue weighted by molar-refractivity contribution is 6.29. The first-order valence-corrected chi connectivity index (χ1v) is 7.90. The van der Waals surface area contributed by atoms with Crippen molar-refractivity contribution in [1.29, 1.82) is 0 Å². The van der Waals surface area contributed by atoms with Crippen molar-refractivity contribution in [2.45, 2.75) is 52.2 Å². The van der Waals surface area contributed by atoms with Gasteiger partial charge in [-0.05, 0) is 52.2 Å². The van der Waals surface area contributed by atoms with E-state index >= 15 is 0 Å². The van der Waals surface area contributed by atoms with Crippen molar-refractivity contribution in [3.05, 3.63) is 29.0 Å². The minimum atomic E-state index is -0.367. The first kappa shape index (κ1) is 18.7. The van der Waals surface area contributed by atoms with Crippen LogP contribution in [0.2, 0.25) is 5.15 Å². The lowest BCUT2D eigenvalue weighted by atomic mass is 10.1. The van der Waals surface area contributed by atoms with Crippen LogP contribution in [-0.4, -0.2) is 39.8 Å². The average molecular weight is 329 g/mol. The Morgan fingerprint density at radius 3 is 2.41 bits per heavy atom. The van der Waals surface area contributed by atoms with Crippen molar-refractivity contribution in [2.24, 2.45) is 0 Å². The molecule has 2 rings (SSSR count). The van der Waals surface area contributed by atoms with Crippen LogP contribution in [0.15, 0.2) is 18.2 Å². The molecule has 0 spiro atoms. The van der Waals surface area contributed by atoms with E-state index in [0.717, 1.165) is 25.9 Å². The molecule has 0 aromatic carbocycles. The molecular weight excluding hydrogens is 304 g/mol. The number of amides is 1. The fourth-order valence-corrected chi connectivity index (χ4v) is 2.12. The summed E-state index contributed by atoms with van der Waals surface area (Å²) in [5, 5.41) is 8.96. The van der Waals surface area contributed by atoms with Gasteiger partial charge in [-0.1, -0.05) is 17.7 Å². The largest absolute Gasteiger partial charge is 0.444 e. The molecule has 0 unspecified atom stereocenters. The van der Waals surface area contributed by atoms with Crippen LogP contribution in [0, 0.1) is 0 Å². The smallest absolute Gasteiger partial charge is 0.410 e. The second-order valence-corrected chi connectivity index (χ2v) is 6.53. The second kappa shape index (κ2) is 8.96. The summed E-state index contributed by atoms with van der Waals surface area (Å²) in [6.07, 6.45) is 3.30.